The molecule has 12 heteroatoms. The standard InChI is InChI=1S/C32H32BrN3O3.C2HF3O2/c33-27-13-7-24(8-14-27)21-31(38)36(20-17-23-9-15-28(37)16-10-23)22-25-5-11-26(12-6-25)29-3-1-2-4-30(29)32(39)35-19-18-34;3-2(4,5)1(6)7/h1-16,37H,17-22,34H2,(H,35,39);(H,6,7). The van der Waals surface area contributed by atoms with Crippen molar-refractivity contribution in [3.63, 3.8) is 0 Å². The van der Waals surface area contributed by atoms with Gasteiger partial charge in [0.05, 0.1) is 6.42 Å². The van der Waals surface area contributed by atoms with E-state index in [0.29, 0.717) is 44.6 Å². The summed E-state index contributed by atoms with van der Waals surface area (Å²) in [6, 6.07) is 30.3. The molecule has 242 valence electrons. The van der Waals surface area contributed by atoms with Gasteiger partial charge in [0.15, 0.2) is 0 Å². The number of aromatic hydroxyl groups is 1. The molecule has 0 aromatic heterocycles. The number of benzene rings is 4. The lowest BCUT2D eigenvalue weighted by Gasteiger charge is -2.23. The number of alkyl halides is 3. The molecule has 2 amide bonds. The largest absolute Gasteiger partial charge is 0.508 e. The lowest BCUT2D eigenvalue weighted by Crippen LogP contribution is -2.33. The van der Waals surface area contributed by atoms with Crippen LogP contribution in [0.3, 0.4) is 0 Å². The van der Waals surface area contributed by atoms with E-state index in [4.69, 9.17) is 15.6 Å². The minimum Gasteiger partial charge on any atom is -0.508 e. The highest BCUT2D eigenvalue weighted by Gasteiger charge is 2.38. The van der Waals surface area contributed by atoms with Gasteiger partial charge in [-0.3, -0.25) is 9.59 Å². The van der Waals surface area contributed by atoms with Gasteiger partial charge in [-0.25, -0.2) is 4.79 Å². The second-order valence-corrected chi connectivity index (χ2v) is 11.0. The highest BCUT2D eigenvalue weighted by Crippen LogP contribution is 2.25. The Hall–Kier alpha value is -4.68. The third kappa shape index (κ3) is 11.4. The van der Waals surface area contributed by atoms with Crippen LogP contribution in [0.4, 0.5) is 13.2 Å². The average Bonchev–Trinajstić information content (AvgIpc) is 3.04. The van der Waals surface area contributed by atoms with E-state index in [1.54, 1.807) is 18.2 Å². The molecule has 0 saturated carbocycles. The maximum absolute atomic E-state index is 13.4. The number of carboxylic acids is 1. The number of hydrogen-bond acceptors (Lipinski definition) is 5. The predicted molar refractivity (Wildman–Crippen MR) is 172 cm³/mol. The van der Waals surface area contributed by atoms with Crippen LogP contribution in [0.25, 0.3) is 11.1 Å². The van der Waals surface area contributed by atoms with Crippen LogP contribution in [-0.4, -0.2) is 58.7 Å². The zero-order valence-electron chi connectivity index (χ0n) is 24.6. The van der Waals surface area contributed by atoms with E-state index >= 15 is 0 Å². The minimum atomic E-state index is -5.08. The molecule has 0 saturated heterocycles. The number of carboxylic acid groups (broad SMARTS) is 1. The topological polar surface area (TPSA) is 133 Å². The van der Waals surface area contributed by atoms with Crippen LogP contribution in [0.1, 0.15) is 27.0 Å². The second-order valence-electron chi connectivity index (χ2n) is 10.1. The van der Waals surface area contributed by atoms with E-state index in [9.17, 15) is 27.9 Å². The average molecular weight is 701 g/mol. The molecule has 0 spiro atoms. The van der Waals surface area contributed by atoms with E-state index in [-0.39, 0.29) is 17.6 Å². The summed E-state index contributed by atoms with van der Waals surface area (Å²) < 4.78 is 32.7. The molecule has 0 aliphatic rings. The summed E-state index contributed by atoms with van der Waals surface area (Å²) in [5, 5.41) is 19.6. The van der Waals surface area contributed by atoms with Crippen molar-refractivity contribution in [2.24, 2.45) is 5.73 Å². The number of phenols is 1. The summed E-state index contributed by atoms with van der Waals surface area (Å²) in [5.74, 6) is -2.64. The van der Waals surface area contributed by atoms with Crippen LogP contribution in [0.15, 0.2) is 102 Å². The fourth-order valence-electron chi connectivity index (χ4n) is 4.33. The van der Waals surface area contributed by atoms with Crippen molar-refractivity contribution in [1.82, 2.24) is 10.2 Å². The number of hydrogen-bond donors (Lipinski definition) is 4. The van der Waals surface area contributed by atoms with Gasteiger partial charge in [0.25, 0.3) is 5.91 Å². The lowest BCUT2D eigenvalue weighted by atomic mass is 9.98. The third-order valence-corrected chi connectivity index (χ3v) is 7.24. The highest BCUT2D eigenvalue weighted by atomic mass is 79.9. The molecule has 0 atom stereocenters. The van der Waals surface area contributed by atoms with E-state index < -0.39 is 12.1 Å². The van der Waals surface area contributed by atoms with Gasteiger partial charge < -0.3 is 26.2 Å². The van der Waals surface area contributed by atoms with E-state index in [1.807, 2.05) is 83.8 Å². The van der Waals surface area contributed by atoms with Crippen LogP contribution in [0.2, 0.25) is 0 Å². The number of nitrogens with one attached hydrogen (secondary N) is 1. The molecule has 0 unspecified atom stereocenters. The number of halogens is 4. The van der Waals surface area contributed by atoms with Gasteiger partial charge in [0, 0.05) is 36.2 Å². The zero-order valence-corrected chi connectivity index (χ0v) is 26.2. The number of carbonyl (C=O) groups excluding carboxylic acids is 2. The summed E-state index contributed by atoms with van der Waals surface area (Å²) in [5.41, 5.74) is 10.9. The Balaban J connectivity index is 0.000000738. The quantitative estimate of drug-likeness (QED) is 0.153. The number of amides is 2. The number of aliphatic carboxylic acids is 1. The first-order valence-electron chi connectivity index (χ1n) is 14.1. The van der Waals surface area contributed by atoms with E-state index in [2.05, 4.69) is 21.2 Å². The maximum Gasteiger partial charge on any atom is 0.490 e. The monoisotopic (exact) mass is 699 g/mol. The first-order valence-corrected chi connectivity index (χ1v) is 14.9. The van der Waals surface area contributed by atoms with Crippen molar-refractivity contribution in [1.29, 1.82) is 0 Å². The van der Waals surface area contributed by atoms with E-state index in [1.165, 1.54) is 0 Å². The Kier molecular flexibility index (Phi) is 13.3. The van der Waals surface area contributed by atoms with Crippen LogP contribution in [0, 0.1) is 0 Å². The lowest BCUT2D eigenvalue weighted by molar-refractivity contribution is -0.192. The number of rotatable bonds is 11. The van der Waals surface area contributed by atoms with Gasteiger partial charge in [-0.15, -0.1) is 0 Å². The fraction of sp³-hybridized carbons (Fsp3) is 0.206. The van der Waals surface area contributed by atoms with Crippen molar-refractivity contribution in [3.05, 3.63) is 124 Å². The molecular formula is C34H33BrF3N3O5. The maximum atomic E-state index is 13.4. The van der Waals surface area contributed by atoms with Gasteiger partial charge in [-0.1, -0.05) is 82.7 Å². The Morgan fingerprint density at radius 1 is 0.826 bits per heavy atom. The smallest absolute Gasteiger partial charge is 0.490 e. The minimum absolute atomic E-state index is 0.0436. The Bertz CT molecular complexity index is 1600. The summed E-state index contributed by atoms with van der Waals surface area (Å²) >= 11 is 3.45. The van der Waals surface area contributed by atoms with Crippen molar-refractivity contribution < 1.29 is 37.8 Å². The van der Waals surface area contributed by atoms with Gasteiger partial charge in [-0.05, 0) is 64.6 Å². The Morgan fingerprint density at radius 2 is 1.39 bits per heavy atom. The molecule has 0 aliphatic heterocycles. The Morgan fingerprint density at radius 3 is 1.98 bits per heavy atom. The predicted octanol–water partition coefficient (Wildman–Crippen LogP) is 5.96. The zero-order chi connectivity index (χ0) is 33.7. The molecule has 4 rings (SSSR count). The van der Waals surface area contributed by atoms with Crippen LogP contribution >= 0.6 is 15.9 Å². The van der Waals surface area contributed by atoms with E-state index in [0.717, 1.165) is 32.3 Å². The van der Waals surface area contributed by atoms with Crippen molar-refractivity contribution in [2.45, 2.75) is 25.6 Å². The molecule has 4 aromatic carbocycles. The first kappa shape index (κ1) is 35.8. The fourth-order valence-corrected chi connectivity index (χ4v) is 4.60. The van der Waals surface area contributed by atoms with Gasteiger partial charge in [-0.2, -0.15) is 13.2 Å². The third-order valence-electron chi connectivity index (χ3n) is 6.71. The second kappa shape index (κ2) is 17.1. The summed E-state index contributed by atoms with van der Waals surface area (Å²) in [6.07, 6.45) is -4.10. The molecule has 8 nitrogen and oxygen atoms in total. The highest BCUT2D eigenvalue weighted by molar-refractivity contribution is 9.10. The molecule has 0 bridgehead atoms. The van der Waals surface area contributed by atoms with Crippen molar-refractivity contribution in [3.8, 4) is 16.9 Å². The Labute approximate surface area is 272 Å². The van der Waals surface area contributed by atoms with Crippen molar-refractivity contribution in [2.75, 3.05) is 19.6 Å². The molecule has 0 aliphatic carbocycles. The van der Waals surface area contributed by atoms with Gasteiger partial charge in [0.2, 0.25) is 5.91 Å². The molecule has 0 fully saturated rings. The molecule has 0 heterocycles. The number of phenolic OH excluding ortho intramolecular Hbond substituents is 1. The molecule has 5 N–H and O–H groups in total. The molecule has 4 aromatic rings. The van der Waals surface area contributed by atoms with Gasteiger partial charge in [0.1, 0.15) is 5.75 Å². The molecular weight excluding hydrogens is 667 g/mol. The summed E-state index contributed by atoms with van der Waals surface area (Å²) in [4.78, 5) is 36.8. The summed E-state index contributed by atoms with van der Waals surface area (Å²) in [6.45, 7) is 1.81. The van der Waals surface area contributed by atoms with Gasteiger partial charge >= 0.3 is 12.1 Å². The molecule has 46 heavy (non-hydrogen) atoms. The summed E-state index contributed by atoms with van der Waals surface area (Å²) in [7, 11) is 0. The number of nitrogens with two attached hydrogens (primary N) is 1. The normalized spacial score (nSPS) is 10.8. The van der Waals surface area contributed by atoms with Crippen LogP contribution in [-0.2, 0) is 29.0 Å². The molecule has 0 radical (unpaired) electrons. The SMILES string of the molecule is NCCNC(=O)c1ccccc1-c1ccc(CN(CCc2ccc(O)cc2)C(=O)Cc2ccc(Br)cc2)cc1.O=C(O)C(F)(F)F. The van der Waals surface area contributed by atoms with Crippen molar-refractivity contribution >= 4 is 33.7 Å². The van der Waals surface area contributed by atoms with Crippen LogP contribution < -0.4 is 11.1 Å². The van der Waals surface area contributed by atoms with Crippen LogP contribution in [0.5, 0.6) is 5.75 Å². The first-order chi connectivity index (χ1) is 21.9. The number of carbonyl (C=O) groups is 3. The number of nitrogens with zero attached hydrogens (tertiary/aromatic N) is 1.